The summed E-state index contributed by atoms with van der Waals surface area (Å²) in [6.07, 6.45) is 8.23. The maximum atomic E-state index is 2.38. The van der Waals surface area contributed by atoms with Crippen LogP contribution in [0.25, 0.3) is 0 Å². The van der Waals surface area contributed by atoms with Crippen molar-refractivity contribution in [3.8, 4) is 0 Å². The molecule has 0 amide bonds. The molecule has 2 aliphatic rings. The van der Waals surface area contributed by atoms with Crippen molar-refractivity contribution in [1.82, 2.24) is 4.90 Å². The predicted molar refractivity (Wildman–Crippen MR) is 42.6 cm³/mol. The molecule has 54 valence electrons. The van der Waals surface area contributed by atoms with Crippen molar-refractivity contribution in [2.24, 2.45) is 5.92 Å². The normalized spacial score (nSPS) is 36.6. The van der Waals surface area contributed by atoms with Crippen molar-refractivity contribution in [3.05, 3.63) is 23.9 Å². The third-order valence-corrected chi connectivity index (χ3v) is 2.64. The molecule has 0 aromatic heterocycles. The quantitative estimate of drug-likeness (QED) is 0.458. The Morgan fingerprint density at radius 2 is 2.40 bits per heavy atom. The van der Waals surface area contributed by atoms with Gasteiger partial charge in [0.1, 0.15) is 0 Å². The Kier molecular flexibility index (Phi) is 1.13. The molecule has 0 aromatic rings. The number of hydrogen-bond acceptors (Lipinski definition) is 1. The van der Waals surface area contributed by atoms with Crippen LogP contribution in [0.3, 0.4) is 0 Å². The minimum atomic E-state index is 0.681. The molecule has 2 atom stereocenters. The van der Waals surface area contributed by atoms with Gasteiger partial charge in [-0.05, 0) is 13.3 Å². The van der Waals surface area contributed by atoms with E-state index in [1.54, 1.807) is 0 Å². The van der Waals surface area contributed by atoms with Gasteiger partial charge in [-0.2, -0.15) is 0 Å². The van der Waals surface area contributed by atoms with E-state index in [0.717, 1.165) is 5.92 Å². The molecule has 0 bridgehead atoms. The molecule has 1 heteroatoms. The van der Waals surface area contributed by atoms with E-state index in [2.05, 4.69) is 37.1 Å². The SMILES string of the molecule is CC1=CC2CC=CC2N1C. The van der Waals surface area contributed by atoms with Crippen molar-refractivity contribution in [2.75, 3.05) is 7.05 Å². The van der Waals surface area contributed by atoms with Gasteiger partial charge in [0.25, 0.3) is 0 Å². The summed E-state index contributed by atoms with van der Waals surface area (Å²) in [6.45, 7) is 2.19. The molecule has 0 N–H and O–H groups in total. The van der Waals surface area contributed by atoms with Crippen LogP contribution in [-0.2, 0) is 0 Å². The molecule has 1 heterocycles. The number of rotatable bonds is 0. The van der Waals surface area contributed by atoms with Gasteiger partial charge in [0, 0.05) is 18.7 Å². The van der Waals surface area contributed by atoms with Gasteiger partial charge in [0.15, 0.2) is 0 Å². The minimum absolute atomic E-state index is 0.681. The molecular formula is C9H13N. The zero-order valence-corrected chi connectivity index (χ0v) is 6.54. The van der Waals surface area contributed by atoms with Crippen LogP contribution in [0.5, 0.6) is 0 Å². The van der Waals surface area contributed by atoms with Gasteiger partial charge in [-0.25, -0.2) is 0 Å². The summed E-state index contributed by atoms with van der Waals surface area (Å²) in [7, 11) is 2.17. The van der Waals surface area contributed by atoms with E-state index in [4.69, 9.17) is 0 Å². The Bertz CT molecular complexity index is 201. The third-order valence-electron chi connectivity index (χ3n) is 2.64. The molecule has 0 saturated carbocycles. The Morgan fingerprint density at radius 1 is 1.60 bits per heavy atom. The van der Waals surface area contributed by atoms with E-state index < -0.39 is 0 Å². The highest BCUT2D eigenvalue weighted by atomic mass is 15.2. The zero-order chi connectivity index (χ0) is 7.14. The van der Waals surface area contributed by atoms with E-state index in [0.29, 0.717) is 6.04 Å². The Labute approximate surface area is 62.0 Å². The molecule has 1 aliphatic heterocycles. The molecule has 2 unspecified atom stereocenters. The lowest BCUT2D eigenvalue weighted by atomic mass is 10.1. The van der Waals surface area contributed by atoms with Crippen molar-refractivity contribution in [2.45, 2.75) is 19.4 Å². The minimum Gasteiger partial charge on any atom is -0.371 e. The van der Waals surface area contributed by atoms with Crippen LogP contribution in [0.15, 0.2) is 23.9 Å². The summed E-state index contributed by atoms with van der Waals surface area (Å²) in [5, 5.41) is 0. The number of likely N-dealkylation sites (N-methyl/N-ethyl adjacent to an activating group) is 1. The molecule has 0 aromatic carbocycles. The van der Waals surface area contributed by atoms with Gasteiger partial charge in [-0.15, -0.1) is 0 Å². The van der Waals surface area contributed by atoms with Crippen LogP contribution in [0, 0.1) is 5.92 Å². The van der Waals surface area contributed by atoms with E-state index in [1.807, 2.05) is 0 Å². The first-order chi connectivity index (χ1) is 4.79. The molecule has 10 heavy (non-hydrogen) atoms. The maximum Gasteiger partial charge on any atom is 0.0533 e. The van der Waals surface area contributed by atoms with Crippen molar-refractivity contribution in [3.63, 3.8) is 0 Å². The number of fused-ring (bicyclic) bond motifs is 1. The van der Waals surface area contributed by atoms with Crippen molar-refractivity contribution in [1.29, 1.82) is 0 Å². The third kappa shape index (κ3) is 0.634. The molecule has 1 nitrogen and oxygen atoms in total. The monoisotopic (exact) mass is 135 g/mol. The summed E-state index contributed by atoms with van der Waals surface area (Å²) in [5.74, 6) is 0.782. The van der Waals surface area contributed by atoms with E-state index in [1.165, 1.54) is 12.1 Å². The summed E-state index contributed by atoms with van der Waals surface area (Å²) in [5.41, 5.74) is 1.43. The first-order valence-corrected chi connectivity index (χ1v) is 3.87. The molecule has 2 rings (SSSR count). The fourth-order valence-electron chi connectivity index (χ4n) is 1.90. The first-order valence-electron chi connectivity index (χ1n) is 3.87. The highest BCUT2D eigenvalue weighted by molar-refractivity contribution is 5.22. The fraction of sp³-hybridized carbons (Fsp3) is 0.556. The van der Waals surface area contributed by atoms with Gasteiger partial charge >= 0.3 is 0 Å². The second-order valence-corrected chi connectivity index (χ2v) is 3.24. The summed E-state index contributed by atoms with van der Waals surface area (Å²) >= 11 is 0. The lowest BCUT2D eigenvalue weighted by molar-refractivity contribution is 0.349. The average molecular weight is 135 g/mol. The van der Waals surface area contributed by atoms with Gasteiger partial charge < -0.3 is 4.90 Å². The maximum absolute atomic E-state index is 2.38. The highest BCUT2D eigenvalue weighted by Crippen LogP contribution is 2.32. The number of allylic oxidation sites excluding steroid dienone is 2. The average Bonchev–Trinajstić information content (AvgIpc) is 2.41. The number of hydrogen-bond donors (Lipinski definition) is 0. The second kappa shape index (κ2) is 1.88. The standard InChI is InChI=1S/C9H13N/c1-7-6-8-4-3-5-9(8)10(7)2/h3,5-6,8-9H,4H2,1-2H3. The van der Waals surface area contributed by atoms with Crippen LogP contribution in [0.2, 0.25) is 0 Å². The van der Waals surface area contributed by atoms with Gasteiger partial charge in [0.05, 0.1) is 6.04 Å². The highest BCUT2D eigenvalue weighted by Gasteiger charge is 2.29. The predicted octanol–water partition coefficient (Wildman–Crippen LogP) is 1.78. The van der Waals surface area contributed by atoms with Gasteiger partial charge in [-0.1, -0.05) is 18.2 Å². The molecule has 0 fully saturated rings. The van der Waals surface area contributed by atoms with Crippen LogP contribution in [-0.4, -0.2) is 18.0 Å². The first kappa shape index (κ1) is 6.02. The second-order valence-electron chi connectivity index (χ2n) is 3.24. The van der Waals surface area contributed by atoms with Crippen molar-refractivity contribution >= 4 is 0 Å². The molecular weight excluding hydrogens is 122 g/mol. The van der Waals surface area contributed by atoms with Crippen LogP contribution in [0.1, 0.15) is 13.3 Å². The Morgan fingerprint density at radius 3 is 3.10 bits per heavy atom. The van der Waals surface area contributed by atoms with Crippen LogP contribution in [0.4, 0.5) is 0 Å². The van der Waals surface area contributed by atoms with Gasteiger partial charge in [-0.3, -0.25) is 0 Å². The number of nitrogens with zero attached hydrogens (tertiary/aromatic N) is 1. The van der Waals surface area contributed by atoms with Crippen LogP contribution < -0.4 is 0 Å². The Hall–Kier alpha value is -0.720. The largest absolute Gasteiger partial charge is 0.371 e. The summed E-state index contributed by atoms with van der Waals surface area (Å²) in [4.78, 5) is 2.36. The van der Waals surface area contributed by atoms with Crippen LogP contribution >= 0.6 is 0 Å². The lowest BCUT2D eigenvalue weighted by Crippen LogP contribution is -2.25. The fourth-order valence-corrected chi connectivity index (χ4v) is 1.90. The summed E-state index contributed by atoms with van der Waals surface area (Å²) in [6, 6.07) is 0.681. The Balaban J connectivity index is 2.25. The van der Waals surface area contributed by atoms with Gasteiger partial charge in [0.2, 0.25) is 0 Å². The summed E-state index contributed by atoms with van der Waals surface area (Å²) < 4.78 is 0. The van der Waals surface area contributed by atoms with E-state index >= 15 is 0 Å². The zero-order valence-electron chi connectivity index (χ0n) is 6.54. The van der Waals surface area contributed by atoms with E-state index in [-0.39, 0.29) is 0 Å². The van der Waals surface area contributed by atoms with Crippen molar-refractivity contribution < 1.29 is 0 Å². The molecule has 1 aliphatic carbocycles. The molecule has 0 radical (unpaired) electrons. The molecule has 0 spiro atoms. The topological polar surface area (TPSA) is 3.24 Å². The molecule has 0 saturated heterocycles. The van der Waals surface area contributed by atoms with E-state index in [9.17, 15) is 0 Å². The lowest BCUT2D eigenvalue weighted by Gasteiger charge is -2.21. The smallest absolute Gasteiger partial charge is 0.0533 e.